The lowest BCUT2D eigenvalue weighted by molar-refractivity contribution is 0.422. The Morgan fingerprint density at radius 2 is 2.19 bits per heavy atom. The molecule has 0 amide bonds. The van der Waals surface area contributed by atoms with E-state index in [9.17, 15) is 0 Å². The second kappa shape index (κ2) is 2.85. The largest absolute Gasteiger partial charge is 0.390 e. The molecule has 0 atom stereocenters. The molecular weight excluding hydrogens is 222 g/mol. The standard InChI is InChI=1S/C11H11N3OS/c12-9-8(6-3-4-7(6)16-9)11-13-10(14-15-11)5-1-2-5/h5H,1-4,12H2. The lowest BCUT2D eigenvalue weighted by Gasteiger charge is -2.12. The van der Waals surface area contributed by atoms with E-state index >= 15 is 0 Å². The molecule has 82 valence electrons. The summed E-state index contributed by atoms with van der Waals surface area (Å²) >= 11 is 1.66. The van der Waals surface area contributed by atoms with Gasteiger partial charge in [-0.15, -0.1) is 11.3 Å². The molecule has 2 aliphatic carbocycles. The van der Waals surface area contributed by atoms with Gasteiger partial charge in [0.15, 0.2) is 5.82 Å². The van der Waals surface area contributed by atoms with Gasteiger partial charge < -0.3 is 10.3 Å². The van der Waals surface area contributed by atoms with Crippen LogP contribution in [0.5, 0.6) is 0 Å². The Hall–Kier alpha value is -1.36. The number of nitrogen functional groups attached to an aromatic ring is 1. The van der Waals surface area contributed by atoms with Gasteiger partial charge >= 0.3 is 0 Å². The highest BCUT2D eigenvalue weighted by molar-refractivity contribution is 7.16. The molecule has 1 saturated carbocycles. The quantitative estimate of drug-likeness (QED) is 0.864. The molecule has 0 bridgehead atoms. The van der Waals surface area contributed by atoms with Gasteiger partial charge in [-0.3, -0.25) is 0 Å². The molecule has 2 aromatic heterocycles. The topological polar surface area (TPSA) is 64.9 Å². The number of rotatable bonds is 2. The summed E-state index contributed by atoms with van der Waals surface area (Å²) in [6, 6.07) is 0. The number of nitrogens with zero attached hydrogens (tertiary/aromatic N) is 2. The second-order valence-corrected chi connectivity index (χ2v) is 5.61. The zero-order chi connectivity index (χ0) is 10.7. The summed E-state index contributed by atoms with van der Waals surface area (Å²) in [5, 5.41) is 4.86. The van der Waals surface area contributed by atoms with E-state index in [0.29, 0.717) is 11.8 Å². The maximum absolute atomic E-state index is 6.01. The van der Waals surface area contributed by atoms with Gasteiger partial charge in [0, 0.05) is 10.8 Å². The molecule has 4 nitrogen and oxygen atoms in total. The SMILES string of the molecule is Nc1sc2c(c1-c1nc(C3CC3)no1)CC2. The van der Waals surface area contributed by atoms with Crippen LogP contribution in [0.25, 0.3) is 11.5 Å². The van der Waals surface area contributed by atoms with E-state index in [0.717, 1.165) is 29.2 Å². The molecule has 0 spiro atoms. The smallest absolute Gasteiger partial charge is 0.261 e. The second-order valence-electron chi connectivity index (χ2n) is 4.48. The molecule has 0 saturated heterocycles. The maximum atomic E-state index is 6.01. The highest BCUT2D eigenvalue weighted by atomic mass is 32.1. The van der Waals surface area contributed by atoms with Gasteiger partial charge in [0.05, 0.1) is 10.6 Å². The lowest BCUT2D eigenvalue weighted by Crippen LogP contribution is -2.04. The number of nitrogens with two attached hydrogens (primary N) is 1. The Morgan fingerprint density at radius 1 is 1.31 bits per heavy atom. The van der Waals surface area contributed by atoms with Crippen molar-refractivity contribution in [2.45, 2.75) is 31.6 Å². The molecule has 0 unspecified atom stereocenters. The summed E-state index contributed by atoms with van der Waals surface area (Å²) in [5.74, 6) is 2.01. The van der Waals surface area contributed by atoms with Crippen molar-refractivity contribution in [3.63, 3.8) is 0 Å². The predicted octanol–water partition coefficient (Wildman–Crippen LogP) is 2.36. The van der Waals surface area contributed by atoms with Crippen molar-refractivity contribution < 1.29 is 4.52 Å². The monoisotopic (exact) mass is 233 g/mol. The van der Waals surface area contributed by atoms with Crippen LogP contribution in [0.1, 0.15) is 35.0 Å². The van der Waals surface area contributed by atoms with Crippen LogP contribution in [-0.4, -0.2) is 10.1 Å². The Bertz CT molecular complexity index is 568. The Balaban J connectivity index is 1.82. The van der Waals surface area contributed by atoms with E-state index in [2.05, 4.69) is 10.1 Å². The third-order valence-corrected chi connectivity index (χ3v) is 4.44. The molecule has 0 radical (unpaired) electrons. The minimum absolute atomic E-state index is 0.531. The van der Waals surface area contributed by atoms with Gasteiger partial charge in [-0.2, -0.15) is 4.98 Å². The summed E-state index contributed by atoms with van der Waals surface area (Å²) in [6.07, 6.45) is 4.62. The van der Waals surface area contributed by atoms with E-state index in [4.69, 9.17) is 10.3 Å². The first-order valence-electron chi connectivity index (χ1n) is 5.57. The van der Waals surface area contributed by atoms with Gasteiger partial charge in [-0.05, 0) is 31.2 Å². The van der Waals surface area contributed by atoms with E-state index in [1.807, 2.05) is 0 Å². The summed E-state index contributed by atoms with van der Waals surface area (Å²) in [7, 11) is 0. The van der Waals surface area contributed by atoms with Crippen molar-refractivity contribution in [1.29, 1.82) is 0 Å². The van der Waals surface area contributed by atoms with E-state index < -0.39 is 0 Å². The van der Waals surface area contributed by atoms with Crippen molar-refractivity contribution in [3.8, 4) is 11.5 Å². The first-order chi connectivity index (χ1) is 7.83. The first kappa shape index (κ1) is 8.75. The van der Waals surface area contributed by atoms with Crippen LogP contribution in [-0.2, 0) is 12.8 Å². The molecule has 16 heavy (non-hydrogen) atoms. The van der Waals surface area contributed by atoms with Crippen molar-refractivity contribution in [2.75, 3.05) is 5.73 Å². The molecule has 2 N–H and O–H groups in total. The molecule has 0 aromatic carbocycles. The van der Waals surface area contributed by atoms with Crippen LogP contribution in [0.15, 0.2) is 4.52 Å². The van der Waals surface area contributed by atoms with Crippen molar-refractivity contribution in [3.05, 3.63) is 16.3 Å². The zero-order valence-corrected chi connectivity index (χ0v) is 9.51. The van der Waals surface area contributed by atoms with Crippen LogP contribution >= 0.6 is 11.3 Å². The average Bonchev–Trinajstić information content (AvgIpc) is 2.94. The minimum Gasteiger partial charge on any atom is -0.390 e. The fourth-order valence-corrected chi connectivity index (χ4v) is 3.25. The number of fused-ring (bicyclic) bond motifs is 1. The molecule has 2 heterocycles. The minimum atomic E-state index is 0.531. The molecule has 0 aliphatic heterocycles. The molecule has 4 rings (SSSR count). The number of anilines is 1. The molecule has 1 fully saturated rings. The third-order valence-electron chi connectivity index (χ3n) is 3.32. The van der Waals surface area contributed by atoms with E-state index in [1.165, 1.54) is 23.3 Å². The summed E-state index contributed by atoms with van der Waals surface area (Å²) in [4.78, 5) is 5.85. The average molecular weight is 233 g/mol. The van der Waals surface area contributed by atoms with Gasteiger partial charge in [0.2, 0.25) is 0 Å². The Kier molecular flexibility index (Phi) is 1.56. The molecule has 5 heteroatoms. The zero-order valence-electron chi connectivity index (χ0n) is 8.69. The maximum Gasteiger partial charge on any atom is 0.261 e. The van der Waals surface area contributed by atoms with Gasteiger partial charge in [0.25, 0.3) is 5.89 Å². The van der Waals surface area contributed by atoms with Gasteiger partial charge in [-0.25, -0.2) is 0 Å². The fraction of sp³-hybridized carbons (Fsp3) is 0.455. The molecule has 2 aromatic rings. The van der Waals surface area contributed by atoms with Crippen molar-refractivity contribution >= 4 is 16.3 Å². The van der Waals surface area contributed by atoms with Crippen LogP contribution in [0.4, 0.5) is 5.00 Å². The highest BCUT2D eigenvalue weighted by Crippen LogP contribution is 2.45. The van der Waals surface area contributed by atoms with Crippen LogP contribution in [0.2, 0.25) is 0 Å². The van der Waals surface area contributed by atoms with E-state index in [1.54, 1.807) is 11.3 Å². The molecular formula is C11H11N3OS. The highest BCUT2D eigenvalue weighted by Gasteiger charge is 2.31. The normalized spacial score (nSPS) is 18.2. The van der Waals surface area contributed by atoms with Gasteiger partial charge in [-0.1, -0.05) is 5.16 Å². The van der Waals surface area contributed by atoms with Gasteiger partial charge in [0.1, 0.15) is 0 Å². The first-order valence-corrected chi connectivity index (χ1v) is 6.38. The Morgan fingerprint density at radius 3 is 2.81 bits per heavy atom. The number of hydrogen-bond donors (Lipinski definition) is 1. The number of aryl methyl sites for hydroxylation is 1. The summed E-state index contributed by atoms with van der Waals surface area (Å²) in [6.45, 7) is 0. The van der Waals surface area contributed by atoms with Crippen molar-refractivity contribution in [1.82, 2.24) is 10.1 Å². The van der Waals surface area contributed by atoms with Crippen LogP contribution in [0.3, 0.4) is 0 Å². The van der Waals surface area contributed by atoms with Crippen molar-refractivity contribution in [2.24, 2.45) is 0 Å². The van der Waals surface area contributed by atoms with E-state index in [-0.39, 0.29) is 0 Å². The molecule has 2 aliphatic rings. The number of thiophene rings is 1. The Labute approximate surface area is 96.5 Å². The van der Waals surface area contributed by atoms with Crippen LogP contribution < -0.4 is 5.73 Å². The van der Waals surface area contributed by atoms with Crippen LogP contribution in [0, 0.1) is 0 Å². The summed E-state index contributed by atoms with van der Waals surface area (Å²) < 4.78 is 5.33. The summed E-state index contributed by atoms with van der Waals surface area (Å²) in [5.41, 5.74) is 8.34. The fourth-order valence-electron chi connectivity index (χ4n) is 2.14. The predicted molar refractivity (Wildman–Crippen MR) is 61.4 cm³/mol. The third kappa shape index (κ3) is 1.09. The number of hydrogen-bond acceptors (Lipinski definition) is 5. The number of aromatic nitrogens is 2. The lowest BCUT2D eigenvalue weighted by atomic mass is 9.94.